The number of hydrogen-bond acceptors (Lipinski definition) is 2. The molecule has 0 radical (unpaired) electrons. The van der Waals surface area contributed by atoms with Crippen molar-refractivity contribution in [3.05, 3.63) is 35.4 Å². The molecule has 1 atom stereocenters. The maximum absolute atomic E-state index is 12.0. The summed E-state index contributed by atoms with van der Waals surface area (Å²) in [4.78, 5) is 10.4. The molecule has 0 aromatic heterocycles. The Morgan fingerprint density at radius 2 is 2.21 bits per heavy atom. The van der Waals surface area contributed by atoms with Crippen molar-refractivity contribution in [2.24, 2.45) is 0 Å². The Morgan fingerprint density at radius 1 is 1.50 bits per heavy atom. The van der Waals surface area contributed by atoms with Crippen LogP contribution in [-0.4, -0.2) is 22.9 Å². The monoisotopic (exact) mass is 198 g/mol. The third-order valence-electron chi connectivity index (χ3n) is 1.88. The fourth-order valence-electron chi connectivity index (χ4n) is 1.17. The second kappa shape index (κ2) is 4.72. The summed E-state index contributed by atoms with van der Waals surface area (Å²) in [5.74, 6) is -1.30. The molecule has 0 aliphatic heterocycles. The molecule has 1 rings (SSSR count). The molecule has 2 N–H and O–H groups in total. The molecule has 1 aromatic rings. The first-order chi connectivity index (χ1) is 6.65. The SMILES string of the molecule is O=C(O)C(O)c1cccc(CCF)c1. The Balaban J connectivity index is 2.87. The third kappa shape index (κ3) is 2.53. The molecular formula is C10H11FO3. The summed E-state index contributed by atoms with van der Waals surface area (Å²) >= 11 is 0. The number of aryl methyl sites for hydroxylation is 1. The van der Waals surface area contributed by atoms with E-state index in [4.69, 9.17) is 5.11 Å². The van der Waals surface area contributed by atoms with Gasteiger partial charge < -0.3 is 10.2 Å². The van der Waals surface area contributed by atoms with E-state index in [1.807, 2.05) is 0 Å². The molecular weight excluding hydrogens is 187 g/mol. The van der Waals surface area contributed by atoms with Gasteiger partial charge in [-0.15, -0.1) is 0 Å². The van der Waals surface area contributed by atoms with Gasteiger partial charge in [-0.2, -0.15) is 0 Å². The molecule has 0 heterocycles. The molecule has 14 heavy (non-hydrogen) atoms. The number of aliphatic hydroxyl groups excluding tert-OH is 1. The van der Waals surface area contributed by atoms with E-state index in [2.05, 4.69) is 0 Å². The molecule has 0 saturated heterocycles. The van der Waals surface area contributed by atoms with Crippen LogP contribution in [0.3, 0.4) is 0 Å². The maximum atomic E-state index is 12.0. The standard InChI is InChI=1S/C10H11FO3/c11-5-4-7-2-1-3-8(6-7)9(12)10(13)14/h1-3,6,9,12H,4-5H2,(H,13,14). The lowest BCUT2D eigenvalue weighted by Gasteiger charge is -2.06. The number of carboxylic acids is 1. The molecule has 0 aliphatic rings. The van der Waals surface area contributed by atoms with E-state index in [-0.39, 0.29) is 12.0 Å². The number of alkyl halides is 1. The quantitative estimate of drug-likeness (QED) is 0.767. The van der Waals surface area contributed by atoms with Crippen LogP contribution in [0.25, 0.3) is 0 Å². The predicted molar refractivity (Wildman–Crippen MR) is 48.7 cm³/mol. The summed E-state index contributed by atoms with van der Waals surface area (Å²) in [6.07, 6.45) is -1.30. The van der Waals surface area contributed by atoms with Crippen LogP contribution in [-0.2, 0) is 11.2 Å². The van der Waals surface area contributed by atoms with Crippen molar-refractivity contribution in [3.63, 3.8) is 0 Å². The average Bonchev–Trinajstić information content (AvgIpc) is 2.17. The Labute approximate surface area is 80.8 Å². The van der Waals surface area contributed by atoms with Crippen LogP contribution < -0.4 is 0 Å². The lowest BCUT2D eigenvalue weighted by atomic mass is 10.0. The molecule has 0 amide bonds. The zero-order chi connectivity index (χ0) is 10.6. The van der Waals surface area contributed by atoms with Crippen molar-refractivity contribution >= 4 is 5.97 Å². The van der Waals surface area contributed by atoms with Gasteiger partial charge in [0.25, 0.3) is 0 Å². The summed E-state index contributed by atoms with van der Waals surface area (Å²) < 4.78 is 12.0. The molecule has 4 heteroatoms. The van der Waals surface area contributed by atoms with Crippen LogP contribution in [0, 0.1) is 0 Å². The highest BCUT2D eigenvalue weighted by molar-refractivity contribution is 5.74. The average molecular weight is 198 g/mol. The zero-order valence-corrected chi connectivity index (χ0v) is 7.48. The Morgan fingerprint density at radius 3 is 2.79 bits per heavy atom. The number of aliphatic carboxylic acids is 1. The van der Waals surface area contributed by atoms with Crippen LogP contribution in [0.4, 0.5) is 4.39 Å². The van der Waals surface area contributed by atoms with Crippen LogP contribution in [0.2, 0.25) is 0 Å². The summed E-state index contributed by atoms with van der Waals surface area (Å²) in [6.45, 7) is -0.493. The minimum atomic E-state index is -1.53. The van der Waals surface area contributed by atoms with Crippen molar-refractivity contribution in [2.45, 2.75) is 12.5 Å². The van der Waals surface area contributed by atoms with Gasteiger partial charge >= 0.3 is 5.97 Å². The highest BCUT2D eigenvalue weighted by Gasteiger charge is 2.15. The topological polar surface area (TPSA) is 57.5 Å². The molecule has 0 fully saturated rings. The van der Waals surface area contributed by atoms with Crippen molar-refractivity contribution in [2.75, 3.05) is 6.67 Å². The lowest BCUT2D eigenvalue weighted by Crippen LogP contribution is -2.10. The molecule has 0 spiro atoms. The van der Waals surface area contributed by atoms with Crippen LogP contribution in [0.15, 0.2) is 24.3 Å². The molecule has 3 nitrogen and oxygen atoms in total. The lowest BCUT2D eigenvalue weighted by molar-refractivity contribution is -0.146. The summed E-state index contributed by atoms with van der Waals surface area (Å²) in [6, 6.07) is 6.29. The first kappa shape index (κ1) is 10.7. The second-order valence-corrected chi connectivity index (χ2v) is 2.92. The number of benzene rings is 1. The van der Waals surface area contributed by atoms with E-state index in [9.17, 15) is 14.3 Å². The van der Waals surface area contributed by atoms with Gasteiger partial charge in [0, 0.05) is 6.42 Å². The number of carboxylic acid groups (broad SMARTS) is 1. The van der Waals surface area contributed by atoms with E-state index >= 15 is 0 Å². The van der Waals surface area contributed by atoms with Crippen molar-refractivity contribution in [3.8, 4) is 0 Å². The Bertz CT molecular complexity index is 325. The van der Waals surface area contributed by atoms with Crippen LogP contribution in [0.5, 0.6) is 0 Å². The smallest absolute Gasteiger partial charge is 0.337 e. The van der Waals surface area contributed by atoms with Gasteiger partial charge in [-0.3, -0.25) is 4.39 Å². The first-order valence-electron chi connectivity index (χ1n) is 4.21. The molecule has 1 aromatic carbocycles. The van der Waals surface area contributed by atoms with E-state index in [0.29, 0.717) is 5.56 Å². The van der Waals surface area contributed by atoms with Gasteiger partial charge in [0.2, 0.25) is 0 Å². The fourth-order valence-corrected chi connectivity index (χ4v) is 1.17. The maximum Gasteiger partial charge on any atom is 0.337 e. The number of rotatable bonds is 4. The van der Waals surface area contributed by atoms with Crippen molar-refractivity contribution in [1.29, 1.82) is 0 Å². The van der Waals surface area contributed by atoms with E-state index in [1.54, 1.807) is 12.1 Å². The first-order valence-corrected chi connectivity index (χ1v) is 4.21. The Kier molecular flexibility index (Phi) is 3.59. The second-order valence-electron chi connectivity index (χ2n) is 2.92. The number of halogens is 1. The van der Waals surface area contributed by atoms with Crippen molar-refractivity contribution in [1.82, 2.24) is 0 Å². The van der Waals surface area contributed by atoms with E-state index < -0.39 is 18.7 Å². The van der Waals surface area contributed by atoms with Gasteiger partial charge in [-0.1, -0.05) is 24.3 Å². The van der Waals surface area contributed by atoms with Gasteiger partial charge in [0.1, 0.15) is 0 Å². The fraction of sp³-hybridized carbons (Fsp3) is 0.300. The highest BCUT2D eigenvalue weighted by atomic mass is 19.1. The molecule has 0 aliphatic carbocycles. The minimum absolute atomic E-state index is 0.236. The predicted octanol–water partition coefficient (Wildman–Crippen LogP) is 1.32. The third-order valence-corrected chi connectivity index (χ3v) is 1.88. The summed E-state index contributed by atoms with van der Waals surface area (Å²) in [5.41, 5.74) is 0.966. The largest absolute Gasteiger partial charge is 0.479 e. The van der Waals surface area contributed by atoms with Gasteiger partial charge in [0.15, 0.2) is 6.10 Å². The summed E-state index contributed by atoms with van der Waals surface area (Å²) in [5, 5.41) is 17.7. The zero-order valence-electron chi connectivity index (χ0n) is 7.48. The highest BCUT2D eigenvalue weighted by Crippen LogP contribution is 2.15. The molecule has 1 unspecified atom stereocenters. The number of carbonyl (C=O) groups is 1. The molecule has 0 saturated carbocycles. The van der Waals surface area contributed by atoms with E-state index in [1.165, 1.54) is 12.1 Å². The minimum Gasteiger partial charge on any atom is -0.479 e. The summed E-state index contributed by atoms with van der Waals surface area (Å²) in [7, 11) is 0. The Hall–Kier alpha value is -1.42. The van der Waals surface area contributed by atoms with Crippen LogP contribution >= 0.6 is 0 Å². The van der Waals surface area contributed by atoms with Gasteiger partial charge in [-0.05, 0) is 11.1 Å². The normalized spacial score (nSPS) is 12.4. The van der Waals surface area contributed by atoms with Gasteiger partial charge in [0.05, 0.1) is 6.67 Å². The van der Waals surface area contributed by atoms with E-state index in [0.717, 1.165) is 0 Å². The number of hydrogen-bond donors (Lipinski definition) is 2. The molecule has 76 valence electrons. The van der Waals surface area contributed by atoms with Crippen LogP contribution in [0.1, 0.15) is 17.2 Å². The van der Waals surface area contributed by atoms with Crippen molar-refractivity contribution < 1.29 is 19.4 Å². The van der Waals surface area contributed by atoms with Gasteiger partial charge in [-0.25, -0.2) is 4.79 Å². The number of aliphatic hydroxyl groups is 1. The molecule has 0 bridgehead atoms.